The van der Waals surface area contributed by atoms with Gasteiger partial charge in [0.25, 0.3) is 5.91 Å². The maximum Gasteiger partial charge on any atom is 0.267 e. The zero-order valence-electron chi connectivity index (χ0n) is 10.6. The summed E-state index contributed by atoms with van der Waals surface area (Å²) in [5.41, 5.74) is 6.49. The Hall–Kier alpha value is -2.36. The first-order valence-corrected chi connectivity index (χ1v) is 6.19. The molecule has 1 aromatic carbocycles. The third kappa shape index (κ3) is 3.81. The number of hydrogen-bond donors (Lipinski definition) is 1. The van der Waals surface area contributed by atoms with Gasteiger partial charge in [0.05, 0.1) is 6.61 Å². The van der Waals surface area contributed by atoms with Gasteiger partial charge in [0.15, 0.2) is 0 Å². The highest BCUT2D eigenvalue weighted by Crippen LogP contribution is 2.11. The van der Waals surface area contributed by atoms with Crippen LogP contribution in [0.4, 0.5) is 0 Å². The van der Waals surface area contributed by atoms with E-state index in [0.717, 1.165) is 24.2 Å². The van der Waals surface area contributed by atoms with Gasteiger partial charge in [-0.15, -0.1) is 0 Å². The van der Waals surface area contributed by atoms with Gasteiger partial charge in [0.1, 0.15) is 11.4 Å². The van der Waals surface area contributed by atoms with Crippen LogP contribution in [-0.4, -0.2) is 17.5 Å². The fourth-order valence-electron chi connectivity index (χ4n) is 1.83. The minimum atomic E-state index is -0.487. The molecular formula is C15H16N2O2. The van der Waals surface area contributed by atoms with Crippen LogP contribution in [0.3, 0.4) is 0 Å². The third-order valence-electron chi connectivity index (χ3n) is 2.73. The lowest BCUT2D eigenvalue weighted by Crippen LogP contribution is -2.16. The molecule has 1 aromatic heterocycles. The lowest BCUT2D eigenvalue weighted by Gasteiger charge is -2.07. The number of nitrogens with zero attached hydrogens (tertiary/aromatic N) is 1. The molecule has 4 nitrogen and oxygen atoms in total. The van der Waals surface area contributed by atoms with Crippen molar-refractivity contribution in [1.82, 2.24) is 4.98 Å². The van der Waals surface area contributed by atoms with Crippen LogP contribution >= 0.6 is 0 Å². The second-order valence-corrected chi connectivity index (χ2v) is 4.14. The molecule has 0 aliphatic carbocycles. The smallest absolute Gasteiger partial charge is 0.267 e. The highest BCUT2D eigenvalue weighted by molar-refractivity contribution is 5.92. The zero-order valence-corrected chi connectivity index (χ0v) is 10.6. The van der Waals surface area contributed by atoms with E-state index < -0.39 is 5.91 Å². The Morgan fingerprint density at radius 2 is 1.95 bits per heavy atom. The van der Waals surface area contributed by atoms with E-state index in [-0.39, 0.29) is 0 Å². The van der Waals surface area contributed by atoms with Gasteiger partial charge in [-0.3, -0.25) is 9.78 Å². The van der Waals surface area contributed by atoms with Gasteiger partial charge in [-0.25, -0.2) is 0 Å². The minimum Gasteiger partial charge on any atom is -0.494 e. The number of primary amides is 1. The lowest BCUT2D eigenvalue weighted by molar-refractivity contribution is 0.0994. The van der Waals surface area contributed by atoms with Crippen molar-refractivity contribution in [2.24, 2.45) is 5.73 Å². The van der Waals surface area contributed by atoms with Crippen LogP contribution in [0, 0.1) is 0 Å². The summed E-state index contributed by atoms with van der Waals surface area (Å²) in [6.07, 6.45) is 3.10. The van der Waals surface area contributed by atoms with Crippen LogP contribution in [0.15, 0.2) is 48.7 Å². The van der Waals surface area contributed by atoms with E-state index in [1.165, 1.54) is 0 Å². The van der Waals surface area contributed by atoms with Crippen LogP contribution in [0.2, 0.25) is 0 Å². The van der Waals surface area contributed by atoms with Gasteiger partial charge >= 0.3 is 0 Å². The Balaban J connectivity index is 1.85. The molecule has 0 atom stereocenters. The molecule has 4 heteroatoms. The SMILES string of the molecule is NC(=O)c1ncccc1CCCOc1ccccc1. The summed E-state index contributed by atoms with van der Waals surface area (Å²) in [7, 11) is 0. The molecule has 0 spiro atoms. The number of carbonyl (C=O) groups is 1. The number of hydrogen-bond acceptors (Lipinski definition) is 3. The van der Waals surface area contributed by atoms with Crippen LogP contribution in [-0.2, 0) is 6.42 Å². The number of ether oxygens (including phenoxy) is 1. The molecule has 0 radical (unpaired) electrons. The van der Waals surface area contributed by atoms with E-state index >= 15 is 0 Å². The van der Waals surface area contributed by atoms with Crippen LogP contribution in [0.25, 0.3) is 0 Å². The molecule has 2 N–H and O–H groups in total. The number of aryl methyl sites for hydroxylation is 1. The summed E-state index contributed by atoms with van der Waals surface area (Å²) in [4.78, 5) is 15.2. The zero-order chi connectivity index (χ0) is 13.5. The Morgan fingerprint density at radius 3 is 2.68 bits per heavy atom. The van der Waals surface area contributed by atoms with E-state index in [4.69, 9.17) is 10.5 Å². The molecule has 0 bridgehead atoms. The summed E-state index contributed by atoms with van der Waals surface area (Å²) in [6, 6.07) is 13.3. The van der Waals surface area contributed by atoms with E-state index in [1.807, 2.05) is 36.4 Å². The van der Waals surface area contributed by atoms with Gasteiger partial charge in [-0.1, -0.05) is 24.3 Å². The second kappa shape index (κ2) is 6.54. The first-order valence-electron chi connectivity index (χ1n) is 6.19. The van der Waals surface area contributed by atoms with Gasteiger partial charge in [0.2, 0.25) is 0 Å². The summed E-state index contributed by atoms with van der Waals surface area (Å²) >= 11 is 0. The number of rotatable bonds is 6. The van der Waals surface area contributed by atoms with Crippen LogP contribution < -0.4 is 10.5 Å². The van der Waals surface area contributed by atoms with Gasteiger partial charge in [-0.2, -0.15) is 0 Å². The van der Waals surface area contributed by atoms with Crippen molar-refractivity contribution in [3.05, 3.63) is 59.9 Å². The number of para-hydroxylation sites is 1. The van der Waals surface area contributed by atoms with Gasteiger partial charge < -0.3 is 10.5 Å². The topological polar surface area (TPSA) is 65.2 Å². The summed E-state index contributed by atoms with van der Waals surface area (Å²) < 4.78 is 5.59. The second-order valence-electron chi connectivity index (χ2n) is 4.14. The molecule has 98 valence electrons. The number of carbonyl (C=O) groups excluding carboxylic acids is 1. The van der Waals surface area contributed by atoms with Crippen molar-refractivity contribution >= 4 is 5.91 Å². The molecule has 19 heavy (non-hydrogen) atoms. The molecule has 2 rings (SSSR count). The summed E-state index contributed by atoms with van der Waals surface area (Å²) in [5.74, 6) is 0.364. The third-order valence-corrected chi connectivity index (χ3v) is 2.73. The molecule has 0 fully saturated rings. The minimum absolute atomic E-state index is 0.349. The summed E-state index contributed by atoms with van der Waals surface area (Å²) in [5, 5.41) is 0. The molecule has 0 saturated carbocycles. The van der Waals surface area contributed by atoms with E-state index in [9.17, 15) is 4.79 Å². The van der Waals surface area contributed by atoms with Gasteiger partial charge in [0, 0.05) is 6.20 Å². The van der Waals surface area contributed by atoms with Crippen LogP contribution in [0.1, 0.15) is 22.5 Å². The number of benzene rings is 1. The first-order chi connectivity index (χ1) is 9.27. The molecule has 0 unspecified atom stereocenters. The first kappa shape index (κ1) is 13.1. The molecular weight excluding hydrogens is 240 g/mol. The highest BCUT2D eigenvalue weighted by atomic mass is 16.5. The predicted octanol–water partition coefficient (Wildman–Crippen LogP) is 2.19. The van der Waals surface area contributed by atoms with Crippen molar-refractivity contribution in [3.8, 4) is 5.75 Å². The Labute approximate surface area is 112 Å². The Morgan fingerprint density at radius 1 is 1.16 bits per heavy atom. The Bertz CT molecular complexity index is 541. The molecule has 2 aromatic rings. The molecule has 0 aliphatic heterocycles. The predicted molar refractivity (Wildman–Crippen MR) is 73.0 cm³/mol. The molecule has 1 heterocycles. The average Bonchev–Trinajstić information content (AvgIpc) is 2.45. The van der Waals surface area contributed by atoms with Crippen molar-refractivity contribution in [2.45, 2.75) is 12.8 Å². The van der Waals surface area contributed by atoms with Crippen LogP contribution in [0.5, 0.6) is 5.75 Å². The van der Waals surface area contributed by atoms with Gasteiger partial charge in [-0.05, 0) is 36.6 Å². The van der Waals surface area contributed by atoms with Crippen molar-refractivity contribution in [3.63, 3.8) is 0 Å². The fraction of sp³-hybridized carbons (Fsp3) is 0.200. The lowest BCUT2D eigenvalue weighted by atomic mass is 10.1. The number of amides is 1. The maximum absolute atomic E-state index is 11.2. The van der Waals surface area contributed by atoms with Crippen molar-refractivity contribution in [1.29, 1.82) is 0 Å². The van der Waals surface area contributed by atoms with Crippen molar-refractivity contribution < 1.29 is 9.53 Å². The highest BCUT2D eigenvalue weighted by Gasteiger charge is 2.08. The molecule has 0 aliphatic rings. The average molecular weight is 256 g/mol. The largest absolute Gasteiger partial charge is 0.494 e. The maximum atomic E-state index is 11.2. The summed E-state index contributed by atoms with van der Waals surface area (Å²) in [6.45, 7) is 0.594. The Kier molecular flexibility index (Phi) is 4.50. The van der Waals surface area contributed by atoms with E-state index in [1.54, 1.807) is 12.3 Å². The van der Waals surface area contributed by atoms with E-state index in [2.05, 4.69) is 4.98 Å². The van der Waals surface area contributed by atoms with E-state index in [0.29, 0.717) is 12.3 Å². The number of nitrogens with two attached hydrogens (primary N) is 1. The number of pyridine rings is 1. The monoisotopic (exact) mass is 256 g/mol. The van der Waals surface area contributed by atoms with Crippen molar-refractivity contribution in [2.75, 3.05) is 6.61 Å². The quantitative estimate of drug-likeness (QED) is 0.806. The standard InChI is InChI=1S/C15H16N2O2/c16-15(18)14-12(6-4-10-17-14)7-5-11-19-13-8-2-1-3-9-13/h1-4,6,8-10H,5,7,11H2,(H2,16,18). The number of aromatic nitrogens is 1. The molecule has 1 amide bonds. The molecule has 0 saturated heterocycles. The normalized spacial score (nSPS) is 10.1. The fourth-order valence-corrected chi connectivity index (χ4v) is 1.83.